The molecule has 0 fully saturated rings. The Kier molecular flexibility index (Phi) is 3.57. The molecular formula is C9H12ClNO3. The number of phenolic OH excluding ortho intramolecular Hbond substituents is 1. The largest absolute Gasteiger partial charge is 0.504 e. The van der Waals surface area contributed by atoms with Gasteiger partial charge in [0.25, 0.3) is 0 Å². The summed E-state index contributed by atoms with van der Waals surface area (Å²) >= 11 is 5.87. The summed E-state index contributed by atoms with van der Waals surface area (Å²) in [5.41, 5.74) is 6.03. The van der Waals surface area contributed by atoms with Crippen LogP contribution < -0.4 is 10.5 Å². The highest BCUT2D eigenvalue weighted by molar-refractivity contribution is 6.31. The highest BCUT2D eigenvalue weighted by Gasteiger charge is 2.18. The second-order valence-electron chi connectivity index (χ2n) is 2.80. The van der Waals surface area contributed by atoms with Gasteiger partial charge < -0.3 is 20.7 Å². The Balaban J connectivity index is 3.29. The van der Waals surface area contributed by atoms with Crippen LogP contribution >= 0.6 is 11.6 Å². The van der Waals surface area contributed by atoms with Crippen molar-refractivity contribution in [1.29, 1.82) is 0 Å². The molecule has 0 aliphatic heterocycles. The minimum Gasteiger partial charge on any atom is -0.504 e. The lowest BCUT2D eigenvalue weighted by atomic mass is 10.1. The summed E-state index contributed by atoms with van der Waals surface area (Å²) < 4.78 is 4.95. The number of rotatable bonds is 3. The van der Waals surface area contributed by atoms with Gasteiger partial charge in [0, 0.05) is 10.6 Å². The lowest BCUT2D eigenvalue weighted by molar-refractivity contribution is 0.263. The minimum atomic E-state index is -0.662. The van der Waals surface area contributed by atoms with E-state index in [2.05, 4.69) is 0 Å². The summed E-state index contributed by atoms with van der Waals surface area (Å²) in [6.45, 7) is -0.264. The lowest BCUT2D eigenvalue weighted by Gasteiger charge is -2.16. The first-order chi connectivity index (χ1) is 6.61. The van der Waals surface area contributed by atoms with Gasteiger partial charge in [0.1, 0.15) is 0 Å². The van der Waals surface area contributed by atoms with Crippen molar-refractivity contribution in [2.24, 2.45) is 5.73 Å². The van der Waals surface area contributed by atoms with Gasteiger partial charge in [-0.25, -0.2) is 0 Å². The smallest absolute Gasteiger partial charge is 0.166 e. The standard InChI is InChI=1S/C9H12ClNO3/c1-14-9-7(13)3-2-5(10)8(9)6(11)4-12/h2-3,6,12-13H,4,11H2,1H3. The van der Waals surface area contributed by atoms with Gasteiger partial charge in [0.05, 0.1) is 19.8 Å². The molecule has 1 unspecified atom stereocenters. The first-order valence-corrected chi connectivity index (χ1v) is 4.41. The molecule has 0 aliphatic carbocycles. The minimum absolute atomic E-state index is 0.0456. The van der Waals surface area contributed by atoms with E-state index in [-0.39, 0.29) is 18.1 Å². The van der Waals surface area contributed by atoms with E-state index in [1.165, 1.54) is 19.2 Å². The van der Waals surface area contributed by atoms with Crippen LogP contribution in [0.5, 0.6) is 11.5 Å². The van der Waals surface area contributed by atoms with E-state index < -0.39 is 6.04 Å². The first kappa shape index (κ1) is 11.1. The average molecular weight is 218 g/mol. The van der Waals surface area contributed by atoms with Crippen molar-refractivity contribution in [3.8, 4) is 11.5 Å². The molecule has 1 atom stereocenters. The quantitative estimate of drug-likeness (QED) is 0.707. The maximum absolute atomic E-state index is 9.44. The van der Waals surface area contributed by atoms with Gasteiger partial charge in [-0.15, -0.1) is 0 Å². The van der Waals surface area contributed by atoms with Crippen LogP contribution in [0.15, 0.2) is 12.1 Å². The van der Waals surface area contributed by atoms with Crippen LogP contribution in [0.3, 0.4) is 0 Å². The van der Waals surface area contributed by atoms with Crippen LogP contribution in [-0.2, 0) is 0 Å². The molecule has 1 rings (SSSR count). The van der Waals surface area contributed by atoms with E-state index in [4.69, 9.17) is 27.2 Å². The molecule has 0 radical (unpaired) electrons. The highest BCUT2D eigenvalue weighted by atomic mass is 35.5. The van der Waals surface area contributed by atoms with Crippen molar-refractivity contribution in [3.63, 3.8) is 0 Å². The number of aromatic hydroxyl groups is 1. The van der Waals surface area contributed by atoms with Crippen LogP contribution in [0.4, 0.5) is 0 Å². The summed E-state index contributed by atoms with van der Waals surface area (Å²) in [5, 5.41) is 18.7. The Hall–Kier alpha value is -0.970. The summed E-state index contributed by atoms with van der Waals surface area (Å²) in [6.07, 6.45) is 0. The van der Waals surface area contributed by atoms with Gasteiger partial charge in [0.15, 0.2) is 11.5 Å². The topological polar surface area (TPSA) is 75.7 Å². The van der Waals surface area contributed by atoms with E-state index in [9.17, 15) is 5.11 Å². The molecule has 14 heavy (non-hydrogen) atoms. The van der Waals surface area contributed by atoms with E-state index in [1.807, 2.05) is 0 Å². The van der Waals surface area contributed by atoms with E-state index in [1.54, 1.807) is 0 Å². The number of methoxy groups -OCH3 is 1. The fourth-order valence-corrected chi connectivity index (χ4v) is 1.50. The predicted molar refractivity (Wildman–Crippen MR) is 53.7 cm³/mol. The summed E-state index contributed by atoms with van der Waals surface area (Å²) in [4.78, 5) is 0. The maximum Gasteiger partial charge on any atom is 0.166 e. The van der Waals surface area contributed by atoms with Gasteiger partial charge in [0.2, 0.25) is 0 Å². The molecule has 4 N–H and O–H groups in total. The first-order valence-electron chi connectivity index (χ1n) is 4.03. The molecular weight excluding hydrogens is 206 g/mol. The SMILES string of the molecule is COc1c(O)ccc(Cl)c1C(N)CO. The zero-order chi connectivity index (χ0) is 10.7. The predicted octanol–water partition coefficient (Wildman–Crippen LogP) is 1.05. The number of hydrogen-bond donors (Lipinski definition) is 3. The van der Waals surface area contributed by atoms with E-state index in [0.29, 0.717) is 10.6 Å². The van der Waals surface area contributed by atoms with Crippen molar-refractivity contribution < 1.29 is 14.9 Å². The van der Waals surface area contributed by atoms with Gasteiger partial charge in [-0.2, -0.15) is 0 Å². The van der Waals surface area contributed by atoms with Crippen molar-refractivity contribution >= 4 is 11.6 Å². The molecule has 0 amide bonds. The number of nitrogens with two attached hydrogens (primary N) is 1. The highest BCUT2D eigenvalue weighted by Crippen LogP contribution is 2.37. The van der Waals surface area contributed by atoms with Crippen LogP contribution in [0.1, 0.15) is 11.6 Å². The Bertz CT molecular complexity index is 330. The molecule has 0 saturated carbocycles. The fraction of sp³-hybridized carbons (Fsp3) is 0.333. The molecule has 0 aliphatic rings. The summed E-state index contributed by atoms with van der Waals surface area (Å²) in [5.74, 6) is 0.162. The third-order valence-corrected chi connectivity index (χ3v) is 2.22. The van der Waals surface area contributed by atoms with Gasteiger partial charge in [-0.3, -0.25) is 0 Å². The molecule has 4 nitrogen and oxygen atoms in total. The third kappa shape index (κ3) is 1.92. The molecule has 0 heterocycles. The van der Waals surface area contributed by atoms with Crippen molar-refractivity contribution in [2.75, 3.05) is 13.7 Å². The molecule has 0 aromatic heterocycles. The number of aliphatic hydroxyl groups excluding tert-OH is 1. The van der Waals surface area contributed by atoms with Gasteiger partial charge >= 0.3 is 0 Å². The number of aliphatic hydroxyl groups is 1. The summed E-state index contributed by atoms with van der Waals surface area (Å²) in [6, 6.07) is 2.25. The number of phenols is 1. The normalized spacial score (nSPS) is 12.6. The van der Waals surface area contributed by atoms with Crippen molar-refractivity contribution in [2.45, 2.75) is 6.04 Å². The molecule has 5 heteroatoms. The Morgan fingerprint density at radius 3 is 2.71 bits per heavy atom. The van der Waals surface area contributed by atoms with Crippen molar-refractivity contribution in [1.82, 2.24) is 0 Å². The second-order valence-corrected chi connectivity index (χ2v) is 3.21. The average Bonchev–Trinajstić information content (AvgIpc) is 2.19. The maximum atomic E-state index is 9.44. The molecule has 1 aromatic carbocycles. The Morgan fingerprint density at radius 2 is 2.21 bits per heavy atom. The number of hydrogen-bond acceptors (Lipinski definition) is 4. The zero-order valence-electron chi connectivity index (χ0n) is 7.70. The lowest BCUT2D eigenvalue weighted by Crippen LogP contribution is -2.16. The molecule has 78 valence electrons. The summed E-state index contributed by atoms with van der Waals surface area (Å²) in [7, 11) is 1.40. The van der Waals surface area contributed by atoms with Crippen LogP contribution in [0, 0.1) is 0 Å². The van der Waals surface area contributed by atoms with Gasteiger partial charge in [-0.1, -0.05) is 11.6 Å². The molecule has 1 aromatic rings. The number of benzene rings is 1. The molecule has 0 spiro atoms. The second kappa shape index (κ2) is 4.50. The van der Waals surface area contributed by atoms with Gasteiger partial charge in [-0.05, 0) is 12.1 Å². The van der Waals surface area contributed by atoms with Crippen LogP contribution in [0.25, 0.3) is 0 Å². The van der Waals surface area contributed by atoms with Crippen LogP contribution in [0.2, 0.25) is 5.02 Å². The van der Waals surface area contributed by atoms with E-state index in [0.717, 1.165) is 0 Å². The zero-order valence-corrected chi connectivity index (χ0v) is 8.45. The number of ether oxygens (including phenoxy) is 1. The Morgan fingerprint density at radius 1 is 1.57 bits per heavy atom. The third-order valence-electron chi connectivity index (χ3n) is 1.89. The monoisotopic (exact) mass is 217 g/mol. The number of halogens is 1. The molecule has 0 saturated heterocycles. The Labute approximate surface area is 86.9 Å². The van der Waals surface area contributed by atoms with E-state index >= 15 is 0 Å². The fourth-order valence-electron chi connectivity index (χ4n) is 1.22. The molecule has 0 bridgehead atoms. The van der Waals surface area contributed by atoms with Crippen molar-refractivity contribution in [3.05, 3.63) is 22.7 Å². The van der Waals surface area contributed by atoms with Crippen LogP contribution in [-0.4, -0.2) is 23.9 Å².